The van der Waals surface area contributed by atoms with Crippen molar-refractivity contribution in [1.29, 1.82) is 5.26 Å². The maximum atomic E-state index is 14.6. The largest absolute Gasteiger partial charge is 0.598 e. The van der Waals surface area contributed by atoms with Crippen LogP contribution in [0.2, 0.25) is 0 Å². The zero-order chi connectivity index (χ0) is 22.1. The van der Waals surface area contributed by atoms with Gasteiger partial charge in [0.2, 0.25) is 10.0 Å². The lowest BCUT2D eigenvalue weighted by molar-refractivity contribution is 0.419. The fraction of sp³-hybridized carbons (Fsp3) is 0.650. The van der Waals surface area contributed by atoms with E-state index in [4.69, 9.17) is 0 Å². The molecule has 3 atom stereocenters. The minimum atomic E-state index is -4.02. The van der Waals surface area contributed by atoms with Crippen LogP contribution in [0, 0.1) is 23.1 Å². The highest BCUT2D eigenvalue weighted by molar-refractivity contribution is 7.91. The number of hydrogen-bond donors (Lipinski definition) is 2. The molecule has 0 spiro atoms. The summed E-state index contributed by atoms with van der Waals surface area (Å²) in [6.45, 7) is 8.30. The zero-order valence-electron chi connectivity index (χ0n) is 17.6. The molecular weight excluding hydrogens is 413 g/mol. The number of hydrogen-bond acceptors (Lipinski definition) is 5. The number of rotatable bonds is 9. The third kappa shape index (κ3) is 6.66. The summed E-state index contributed by atoms with van der Waals surface area (Å²) in [6, 6.07) is 7.89. The summed E-state index contributed by atoms with van der Waals surface area (Å²) >= 11 is -1.65. The van der Waals surface area contributed by atoms with Gasteiger partial charge in [0.25, 0.3) is 0 Å². The molecule has 1 saturated carbocycles. The zero-order valence-corrected chi connectivity index (χ0v) is 19.2. The summed E-state index contributed by atoms with van der Waals surface area (Å²) in [4.78, 5) is 0. The average molecular weight is 444 g/mol. The van der Waals surface area contributed by atoms with Crippen molar-refractivity contribution in [2.45, 2.75) is 69.7 Å². The summed E-state index contributed by atoms with van der Waals surface area (Å²) in [6.07, 6.45) is 2.40. The lowest BCUT2D eigenvalue weighted by atomic mass is 9.95. The number of sulfonamides is 1. The molecule has 1 aliphatic rings. The number of nitriles is 1. The first kappa shape index (κ1) is 24.1. The molecule has 6 nitrogen and oxygen atoms in total. The molecule has 1 aliphatic carbocycles. The van der Waals surface area contributed by atoms with Crippen LogP contribution < -0.4 is 9.44 Å². The van der Waals surface area contributed by atoms with Gasteiger partial charge in [-0.15, -0.1) is 4.72 Å². The molecule has 2 unspecified atom stereocenters. The quantitative estimate of drug-likeness (QED) is 0.571. The second kappa shape index (κ2) is 8.52. The van der Waals surface area contributed by atoms with Gasteiger partial charge < -0.3 is 4.55 Å². The molecule has 29 heavy (non-hydrogen) atoms. The number of nitrogens with zero attached hydrogens (tertiary/aromatic N) is 1. The van der Waals surface area contributed by atoms with Crippen molar-refractivity contribution in [1.82, 2.24) is 9.44 Å². The monoisotopic (exact) mass is 443 g/mol. The minimum absolute atomic E-state index is 0.101. The van der Waals surface area contributed by atoms with Gasteiger partial charge in [-0.25, -0.2) is 12.8 Å². The van der Waals surface area contributed by atoms with Gasteiger partial charge in [0.1, 0.15) is 21.6 Å². The van der Waals surface area contributed by atoms with Crippen molar-refractivity contribution in [3.63, 3.8) is 0 Å². The van der Waals surface area contributed by atoms with Gasteiger partial charge in [0.05, 0.1) is 11.8 Å². The topological polar surface area (TPSA) is 105 Å². The van der Waals surface area contributed by atoms with E-state index < -0.39 is 48.8 Å². The Morgan fingerprint density at radius 3 is 2.31 bits per heavy atom. The Labute approximate surface area is 176 Å². The van der Waals surface area contributed by atoms with Crippen molar-refractivity contribution < 1.29 is 17.4 Å². The van der Waals surface area contributed by atoms with Crippen LogP contribution in [0.1, 0.15) is 59.4 Å². The summed E-state index contributed by atoms with van der Waals surface area (Å²) in [5.41, 5.74) is -2.60. The molecule has 1 aromatic carbocycles. The standard InChI is InChI=1S/C20H30FN3O3S2/c1-18(2,3)28(25)23-20(5,16-8-6-7-9-17(16)21)14-29(26,27)24-19(4,13-22)12-15-10-11-15/h6-9,15,23-24H,10-12,14H2,1-5H3/t19?,20?,28-/m1/s1. The lowest BCUT2D eigenvalue weighted by Crippen LogP contribution is -2.56. The summed E-state index contributed by atoms with van der Waals surface area (Å²) < 4.78 is 58.0. The number of benzene rings is 1. The Hall–Kier alpha value is -1.18. The molecule has 2 rings (SSSR count). The second-order valence-electron chi connectivity index (χ2n) is 9.25. The van der Waals surface area contributed by atoms with Crippen LogP contribution in [-0.4, -0.2) is 29.0 Å². The van der Waals surface area contributed by atoms with Gasteiger partial charge in [-0.1, -0.05) is 31.0 Å². The van der Waals surface area contributed by atoms with Gasteiger partial charge in [0, 0.05) is 16.9 Å². The second-order valence-corrected chi connectivity index (χ2v) is 12.9. The van der Waals surface area contributed by atoms with Crippen LogP contribution in [0.25, 0.3) is 0 Å². The van der Waals surface area contributed by atoms with Gasteiger partial charge in [0.15, 0.2) is 0 Å². The molecule has 162 valence electrons. The number of halogens is 1. The summed E-state index contributed by atoms with van der Waals surface area (Å²) in [5.74, 6) is -0.818. The fourth-order valence-corrected chi connectivity index (χ4v) is 6.06. The number of nitrogens with one attached hydrogen (secondary N) is 2. The average Bonchev–Trinajstić information content (AvgIpc) is 3.36. The maximum Gasteiger partial charge on any atom is 0.215 e. The first-order valence-electron chi connectivity index (χ1n) is 9.57. The van der Waals surface area contributed by atoms with Crippen molar-refractivity contribution in [2.75, 3.05) is 5.75 Å². The Morgan fingerprint density at radius 1 is 1.24 bits per heavy atom. The van der Waals surface area contributed by atoms with Crippen LogP contribution in [0.3, 0.4) is 0 Å². The van der Waals surface area contributed by atoms with E-state index in [0.29, 0.717) is 12.3 Å². The highest BCUT2D eigenvalue weighted by Gasteiger charge is 2.44. The Bertz CT molecular complexity index is 878. The Morgan fingerprint density at radius 2 is 1.83 bits per heavy atom. The van der Waals surface area contributed by atoms with Crippen molar-refractivity contribution in [2.24, 2.45) is 5.92 Å². The highest BCUT2D eigenvalue weighted by atomic mass is 32.2. The predicted molar refractivity (Wildman–Crippen MR) is 113 cm³/mol. The van der Waals surface area contributed by atoms with E-state index in [9.17, 15) is 22.6 Å². The Kier molecular flexibility index (Phi) is 7.08. The van der Waals surface area contributed by atoms with E-state index >= 15 is 0 Å². The van der Waals surface area contributed by atoms with Crippen LogP contribution in [0.15, 0.2) is 24.3 Å². The van der Waals surface area contributed by atoms with E-state index in [1.807, 2.05) is 0 Å². The highest BCUT2D eigenvalue weighted by Crippen LogP contribution is 2.37. The third-order valence-electron chi connectivity index (χ3n) is 4.84. The van der Waals surface area contributed by atoms with E-state index in [2.05, 4.69) is 15.5 Å². The van der Waals surface area contributed by atoms with Crippen molar-refractivity contribution in [3.05, 3.63) is 35.6 Å². The Balaban J connectivity index is 2.36. The molecular formula is C20H30FN3O3S2. The molecule has 1 aromatic rings. The van der Waals surface area contributed by atoms with E-state index in [1.54, 1.807) is 33.8 Å². The first-order chi connectivity index (χ1) is 13.2. The molecule has 0 radical (unpaired) electrons. The molecule has 0 bridgehead atoms. The van der Waals surface area contributed by atoms with Crippen LogP contribution >= 0.6 is 0 Å². The van der Waals surface area contributed by atoms with Gasteiger partial charge >= 0.3 is 0 Å². The predicted octanol–water partition coefficient (Wildman–Crippen LogP) is 3.09. The first-order valence-corrected chi connectivity index (χ1v) is 12.4. The SMILES string of the molecule is CC(C#N)(CC1CC1)NS(=O)(=O)CC(C)(N[S@+]([O-])C(C)(C)C)c1ccccc1F. The van der Waals surface area contributed by atoms with Gasteiger partial charge in [-0.2, -0.15) is 9.98 Å². The smallest absolute Gasteiger partial charge is 0.215 e. The van der Waals surface area contributed by atoms with Crippen molar-refractivity contribution >= 4 is 21.4 Å². The molecule has 1 fully saturated rings. The fourth-order valence-electron chi connectivity index (χ4n) is 3.20. The normalized spacial score (nSPS) is 20.3. The molecule has 0 aromatic heterocycles. The van der Waals surface area contributed by atoms with Crippen molar-refractivity contribution in [3.8, 4) is 6.07 Å². The molecule has 0 aliphatic heterocycles. The summed E-state index contributed by atoms with van der Waals surface area (Å²) in [5, 5.41) is 9.54. The van der Waals surface area contributed by atoms with E-state index in [1.165, 1.54) is 25.1 Å². The molecule has 2 N–H and O–H groups in total. The minimum Gasteiger partial charge on any atom is -0.598 e. The van der Waals surface area contributed by atoms with Crippen LogP contribution in [0.4, 0.5) is 4.39 Å². The van der Waals surface area contributed by atoms with Crippen LogP contribution in [-0.2, 0) is 26.9 Å². The van der Waals surface area contributed by atoms with Crippen LogP contribution in [0.5, 0.6) is 0 Å². The maximum absolute atomic E-state index is 14.6. The molecule has 0 saturated heterocycles. The molecule has 0 amide bonds. The van der Waals surface area contributed by atoms with Gasteiger partial charge in [-0.3, -0.25) is 0 Å². The van der Waals surface area contributed by atoms with E-state index in [0.717, 1.165) is 12.8 Å². The third-order valence-corrected chi connectivity index (χ3v) is 8.31. The van der Waals surface area contributed by atoms with Gasteiger partial charge in [-0.05, 0) is 53.0 Å². The molecule has 9 heteroatoms. The lowest BCUT2D eigenvalue weighted by Gasteiger charge is -2.36. The van der Waals surface area contributed by atoms with E-state index in [-0.39, 0.29) is 5.56 Å². The molecule has 0 heterocycles. The summed E-state index contributed by atoms with van der Waals surface area (Å²) in [7, 11) is -4.02.